The lowest BCUT2D eigenvalue weighted by Gasteiger charge is -2.09. The maximum absolute atomic E-state index is 4.58. The zero-order chi connectivity index (χ0) is 16.1. The van der Waals surface area contributed by atoms with Crippen LogP contribution in [-0.2, 0) is 6.54 Å². The highest BCUT2D eigenvalue weighted by molar-refractivity contribution is 7.13. The molecule has 2 N–H and O–H groups in total. The van der Waals surface area contributed by atoms with Crippen molar-refractivity contribution in [1.29, 1.82) is 0 Å². The van der Waals surface area contributed by atoms with Crippen molar-refractivity contribution in [1.82, 2.24) is 20.3 Å². The number of nitrogens with zero attached hydrogens (tertiary/aromatic N) is 3. The first-order valence-corrected chi connectivity index (χ1v) is 8.41. The molecule has 0 spiro atoms. The number of hydrogen-bond acceptors (Lipinski definition) is 6. The van der Waals surface area contributed by atoms with E-state index in [1.807, 2.05) is 35.8 Å². The van der Waals surface area contributed by atoms with Crippen LogP contribution >= 0.6 is 48.6 Å². The van der Waals surface area contributed by atoms with Gasteiger partial charge in [0.15, 0.2) is 0 Å². The fourth-order valence-electron chi connectivity index (χ4n) is 2.03. The second kappa shape index (κ2) is 12.0. The van der Waals surface area contributed by atoms with E-state index >= 15 is 0 Å². The Bertz CT molecular complexity index is 751. The van der Waals surface area contributed by atoms with Crippen molar-refractivity contribution >= 4 is 60.2 Å². The molecular formula is C17H22Cl3N5S. The summed E-state index contributed by atoms with van der Waals surface area (Å²) in [6.07, 6.45) is 3.66. The lowest BCUT2D eigenvalue weighted by atomic mass is 10.2. The van der Waals surface area contributed by atoms with E-state index in [0.717, 1.165) is 34.4 Å². The number of pyridine rings is 2. The maximum Gasteiger partial charge on any atom is 0.141 e. The van der Waals surface area contributed by atoms with E-state index in [9.17, 15) is 0 Å². The zero-order valence-electron chi connectivity index (χ0n) is 14.4. The van der Waals surface area contributed by atoms with Crippen molar-refractivity contribution in [2.75, 3.05) is 5.32 Å². The van der Waals surface area contributed by atoms with Gasteiger partial charge < -0.3 is 10.6 Å². The summed E-state index contributed by atoms with van der Waals surface area (Å²) in [7, 11) is 0. The molecule has 26 heavy (non-hydrogen) atoms. The average molecular weight is 435 g/mol. The van der Waals surface area contributed by atoms with Gasteiger partial charge >= 0.3 is 0 Å². The fourth-order valence-corrected chi connectivity index (χ4v) is 2.64. The fraction of sp³-hybridized carbons (Fsp3) is 0.235. The van der Waals surface area contributed by atoms with Crippen molar-refractivity contribution in [3.05, 3.63) is 53.7 Å². The summed E-state index contributed by atoms with van der Waals surface area (Å²) in [5.74, 6) is 1.54. The van der Waals surface area contributed by atoms with Crippen LogP contribution in [0.4, 0.5) is 11.6 Å². The Balaban J connectivity index is 0.00000208. The molecule has 0 fully saturated rings. The van der Waals surface area contributed by atoms with E-state index in [2.05, 4.69) is 45.5 Å². The minimum atomic E-state index is 0. The zero-order valence-corrected chi connectivity index (χ0v) is 17.6. The van der Waals surface area contributed by atoms with Gasteiger partial charge in [-0.15, -0.1) is 48.6 Å². The molecule has 0 radical (unpaired) electrons. The van der Waals surface area contributed by atoms with E-state index in [-0.39, 0.29) is 37.2 Å². The first-order valence-electron chi connectivity index (χ1n) is 7.53. The van der Waals surface area contributed by atoms with Crippen molar-refractivity contribution in [2.45, 2.75) is 26.4 Å². The highest BCUT2D eigenvalue weighted by Crippen LogP contribution is 2.22. The molecule has 3 aromatic rings. The minimum Gasteiger partial charge on any atom is -0.325 e. The van der Waals surface area contributed by atoms with Gasteiger partial charge in [0.05, 0.1) is 0 Å². The molecule has 5 nitrogen and oxygen atoms in total. The molecule has 0 saturated heterocycles. The van der Waals surface area contributed by atoms with Gasteiger partial charge in [-0.1, -0.05) is 26.0 Å². The molecule has 0 saturated carbocycles. The molecule has 142 valence electrons. The molecule has 3 heterocycles. The van der Waals surface area contributed by atoms with Crippen LogP contribution in [0.1, 0.15) is 19.4 Å². The molecular weight excluding hydrogens is 413 g/mol. The van der Waals surface area contributed by atoms with Crippen molar-refractivity contribution in [3.63, 3.8) is 0 Å². The second-order valence-electron chi connectivity index (χ2n) is 5.46. The SMILES string of the molecule is CC(C)NCc1ccc(Nc2cccc(-c3nccs3)n2)nc1.Cl.Cl.Cl. The molecule has 0 unspecified atom stereocenters. The summed E-state index contributed by atoms with van der Waals surface area (Å²) in [5, 5.41) is 9.47. The van der Waals surface area contributed by atoms with Gasteiger partial charge in [-0.05, 0) is 23.8 Å². The number of rotatable bonds is 6. The Morgan fingerprint density at radius 3 is 2.42 bits per heavy atom. The van der Waals surface area contributed by atoms with Crippen LogP contribution in [0.2, 0.25) is 0 Å². The average Bonchev–Trinajstić information content (AvgIpc) is 3.09. The predicted octanol–water partition coefficient (Wildman–Crippen LogP) is 5.11. The second-order valence-corrected chi connectivity index (χ2v) is 6.35. The van der Waals surface area contributed by atoms with Crippen LogP contribution in [0.15, 0.2) is 48.1 Å². The standard InChI is InChI=1S/C17H19N5S.3ClH/c1-12(2)19-10-13-6-7-15(20-11-13)22-16-5-3-4-14(21-16)17-18-8-9-23-17;;;/h3-9,11-12,19H,10H2,1-2H3,(H,20,21,22);3*1H. The third kappa shape index (κ3) is 7.05. The largest absolute Gasteiger partial charge is 0.325 e. The lowest BCUT2D eigenvalue weighted by molar-refractivity contribution is 0.588. The van der Waals surface area contributed by atoms with Crippen LogP contribution in [0.5, 0.6) is 0 Å². The van der Waals surface area contributed by atoms with Crippen LogP contribution in [-0.4, -0.2) is 21.0 Å². The number of aromatic nitrogens is 3. The smallest absolute Gasteiger partial charge is 0.141 e. The van der Waals surface area contributed by atoms with Gasteiger partial charge in [-0.3, -0.25) is 0 Å². The van der Waals surface area contributed by atoms with E-state index in [4.69, 9.17) is 0 Å². The molecule has 0 aliphatic rings. The monoisotopic (exact) mass is 433 g/mol. The van der Waals surface area contributed by atoms with Crippen LogP contribution in [0, 0.1) is 0 Å². The van der Waals surface area contributed by atoms with Crippen molar-refractivity contribution in [3.8, 4) is 10.7 Å². The molecule has 0 aliphatic carbocycles. The van der Waals surface area contributed by atoms with Gasteiger partial charge in [-0.2, -0.15) is 0 Å². The minimum absolute atomic E-state index is 0. The highest BCUT2D eigenvalue weighted by Gasteiger charge is 2.04. The Labute approximate surface area is 176 Å². The Kier molecular flexibility index (Phi) is 11.4. The highest BCUT2D eigenvalue weighted by atomic mass is 35.5. The van der Waals surface area contributed by atoms with E-state index in [1.165, 1.54) is 0 Å². The lowest BCUT2D eigenvalue weighted by Crippen LogP contribution is -2.21. The molecule has 0 amide bonds. The maximum atomic E-state index is 4.58. The molecule has 0 atom stereocenters. The Hall–Kier alpha value is -1.44. The summed E-state index contributed by atoms with van der Waals surface area (Å²) < 4.78 is 0. The number of thiazole rings is 1. The Morgan fingerprint density at radius 1 is 1.00 bits per heavy atom. The normalized spacial score (nSPS) is 9.65. The number of nitrogens with one attached hydrogen (secondary N) is 2. The molecule has 0 bridgehead atoms. The van der Waals surface area contributed by atoms with E-state index in [1.54, 1.807) is 17.5 Å². The van der Waals surface area contributed by atoms with Crippen LogP contribution in [0.25, 0.3) is 10.7 Å². The van der Waals surface area contributed by atoms with Gasteiger partial charge in [-0.25, -0.2) is 15.0 Å². The van der Waals surface area contributed by atoms with Gasteiger partial charge in [0, 0.05) is 30.4 Å². The molecule has 9 heteroatoms. The summed E-state index contributed by atoms with van der Waals surface area (Å²) in [4.78, 5) is 13.3. The Morgan fingerprint density at radius 2 is 1.81 bits per heavy atom. The molecule has 3 rings (SSSR count). The number of anilines is 2. The van der Waals surface area contributed by atoms with Crippen molar-refractivity contribution < 1.29 is 0 Å². The molecule has 3 aromatic heterocycles. The van der Waals surface area contributed by atoms with E-state index in [0.29, 0.717) is 6.04 Å². The summed E-state index contributed by atoms with van der Waals surface area (Å²) in [5.41, 5.74) is 2.02. The summed E-state index contributed by atoms with van der Waals surface area (Å²) in [6, 6.07) is 10.3. The predicted molar refractivity (Wildman–Crippen MR) is 117 cm³/mol. The number of halogens is 3. The summed E-state index contributed by atoms with van der Waals surface area (Å²) in [6.45, 7) is 5.08. The molecule has 0 aromatic carbocycles. The first-order chi connectivity index (χ1) is 11.2. The third-order valence-electron chi connectivity index (χ3n) is 3.20. The van der Waals surface area contributed by atoms with Gasteiger partial charge in [0.25, 0.3) is 0 Å². The van der Waals surface area contributed by atoms with Crippen molar-refractivity contribution in [2.24, 2.45) is 0 Å². The summed E-state index contributed by atoms with van der Waals surface area (Å²) >= 11 is 1.58. The van der Waals surface area contributed by atoms with Gasteiger partial charge in [0.2, 0.25) is 0 Å². The molecule has 0 aliphatic heterocycles. The topological polar surface area (TPSA) is 62.7 Å². The van der Waals surface area contributed by atoms with Crippen LogP contribution < -0.4 is 10.6 Å². The first kappa shape index (κ1) is 24.6. The quantitative estimate of drug-likeness (QED) is 0.564. The van der Waals surface area contributed by atoms with Crippen LogP contribution in [0.3, 0.4) is 0 Å². The number of hydrogen-bond donors (Lipinski definition) is 2. The van der Waals surface area contributed by atoms with E-state index < -0.39 is 0 Å². The third-order valence-corrected chi connectivity index (χ3v) is 3.99. The van der Waals surface area contributed by atoms with Gasteiger partial charge in [0.1, 0.15) is 22.3 Å².